The van der Waals surface area contributed by atoms with Crippen LogP contribution < -0.4 is 5.32 Å². The van der Waals surface area contributed by atoms with Crippen LogP contribution in [0.3, 0.4) is 0 Å². The smallest absolute Gasteiger partial charge is 0.254 e. The van der Waals surface area contributed by atoms with Crippen LogP contribution in [0.2, 0.25) is 0 Å². The number of halogens is 1. The van der Waals surface area contributed by atoms with Gasteiger partial charge in [0.15, 0.2) is 5.65 Å². The Morgan fingerprint density at radius 1 is 1.15 bits per heavy atom. The molecule has 0 unspecified atom stereocenters. The number of nitrogens with zero attached hydrogens (tertiary/aromatic N) is 5. The highest BCUT2D eigenvalue weighted by molar-refractivity contribution is 5.95. The Balaban J connectivity index is 1.45. The van der Waals surface area contributed by atoms with Gasteiger partial charge in [-0.25, -0.2) is 9.07 Å². The molecule has 0 aliphatic rings. The molecule has 0 radical (unpaired) electrons. The molecule has 7 nitrogen and oxygen atoms in total. The molecule has 0 spiro atoms. The molecule has 3 heterocycles. The lowest BCUT2D eigenvalue weighted by molar-refractivity contribution is 0.0953. The highest BCUT2D eigenvalue weighted by Gasteiger charge is 2.16. The second-order valence-corrected chi connectivity index (χ2v) is 6.06. The number of rotatable bonds is 5. The van der Waals surface area contributed by atoms with Crippen LogP contribution in [0.15, 0.2) is 54.9 Å². The zero-order valence-electron chi connectivity index (χ0n) is 14.6. The summed E-state index contributed by atoms with van der Waals surface area (Å²) in [4.78, 5) is 12.5. The number of aromatic nitrogens is 5. The third kappa shape index (κ3) is 3.17. The first kappa shape index (κ1) is 16.9. The lowest BCUT2D eigenvalue weighted by Gasteiger charge is -2.07. The average Bonchev–Trinajstić information content (AvgIpc) is 3.26. The monoisotopic (exact) mass is 364 g/mol. The van der Waals surface area contributed by atoms with E-state index in [1.807, 2.05) is 28.8 Å². The van der Waals surface area contributed by atoms with E-state index in [0.717, 1.165) is 11.5 Å². The van der Waals surface area contributed by atoms with Crippen LogP contribution in [-0.4, -0.2) is 36.8 Å². The second kappa shape index (κ2) is 6.99. The minimum Gasteiger partial charge on any atom is -0.351 e. The molecule has 0 saturated carbocycles. The van der Waals surface area contributed by atoms with Gasteiger partial charge in [-0.3, -0.25) is 9.20 Å². The zero-order valence-corrected chi connectivity index (χ0v) is 14.6. The number of hydrogen-bond donors (Lipinski definition) is 1. The molecule has 1 N–H and O–H groups in total. The molecule has 1 amide bonds. The molecule has 4 rings (SSSR count). The fourth-order valence-electron chi connectivity index (χ4n) is 2.94. The normalized spacial score (nSPS) is 11.0. The second-order valence-electron chi connectivity index (χ2n) is 6.06. The largest absolute Gasteiger partial charge is 0.351 e. The van der Waals surface area contributed by atoms with Gasteiger partial charge in [0.2, 0.25) is 0 Å². The molecule has 0 bridgehead atoms. The first-order chi connectivity index (χ1) is 13.1. The van der Waals surface area contributed by atoms with Gasteiger partial charge in [0.25, 0.3) is 5.91 Å². The summed E-state index contributed by atoms with van der Waals surface area (Å²) in [5.41, 5.74) is 2.06. The number of nitrogens with one attached hydrogen (secondary N) is 1. The molecule has 27 heavy (non-hydrogen) atoms. The molecular formula is C19H17FN6O. The fraction of sp³-hybridized carbons (Fsp3) is 0.158. The van der Waals surface area contributed by atoms with Crippen LogP contribution in [0.1, 0.15) is 21.9 Å². The van der Waals surface area contributed by atoms with Crippen molar-refractivity contribution in [3.63, 3.8) is 0 Å². The maximum Gasteiger partial charge on any atom is 0.254 e. The van der Waals surface area contributed by atoms with Gasteiger partial charge in [-0.15, -0.1) is 10.2 Å². The SMILES string of the molecule is Cc1c(C(=O)NCCc2nnc3ccccn23)cnn1-c1ccccc1F. The molecule has 8 heteroatoms. The average molecular weight is 364 g/mol. The molecule has 0 atom stereocenters. The summed E-state index contributed by atoms with van der Waals surface area (Å²) < 4.78 is 17.3. The fourth-order valence-corrected chi connectivity index (χ4v) is 2.94. The van der Waals surface area contributed by atoms with Gasteiger partial charge in [-0.05, 0) is 31.2 Å². The summed E-state index contributed by atoms with van der Waals surface area (Å²) >= 11 is 0. The van der Waals surface area contributed by atoms with Crippen molar-refractivity contribution >= 4 is 11.6 Å². The topological polar surface area (TPSA) is 77.1 Å². The van der Waals surface area contributed by atoms with Crippen molar-refractivity contribution in [2.24, 2.45) is 0 Å². The number of hydrogen-bond acceptors (Lipinski definition) is 4. The number of carbonyl (C=O) groups excluding carboxylic acids is 1. The Labute approximate surface area is 154 Å². The predicted octanol–water partition coefficient (Wildman–Crippen LogP) is 2.34. The van der Waals surface area contributed by atoms with E-state index in [1.165, 1.54) is 16.9 Å². The van der Waals surface area contributed by atoms with Crippen molar-refractivity contribution in [1.29, 1.82) is 0 Å². The van der Waals surface area contributed by atoms with Gasteiger partial charge in [0.05, 0.1) is 17.5 Å². The number of fused-ring (bicyclic) bond motifs is 1. The lowest BCUT2D eigenvalue weighted by atomic mass is 10.2. The maximum absolute atomic E-state index is 14.0. The van der Waals surface area contributed by atoms with E-state index in [1.54, 1.807) is 25.1 Å². The number of pyridine rings is 1. The van der Waals surface area contributed by atoms with E-state index in [-0.39, 0.29) is 5.91 Å². The minimum absolute atomic E-state index is 0.260. The van der Waals surface area contributed by atoms with Gasteiger partial charge >= 0.3 is 0 Å². The van der Waals surface area contributed by atoms with Gasteiger partial charge in [0.1, 0.15) is 17.3 Å². The van der Waals surface area contributed by atoms with Gasteiger partial charge in [0, 0.05) is 19.2 Å². The maximum atomic E-state index is 14.0. The molecule has 0 aliphatic heterocycles. The Morgan fingerprint density at radius 2 is 1.96 bits per heavy atom. The quantitative estimate of drug-likeness (QED) is 0.590. The number of benzene rings is 1. The highest BCUT2D eigenvalue weighted by Crippen LogP contribution is 2.17. The minimum atomic E-state index is -0.394. The Bertz CT molecular complexity index is 1120. The highest BCUT2D eigenvalue weighted by atomic mass is 19.1. The number of para-hydroxylation sites is 1. The van der Waals surface area contributed by atoms with E-state index in [9.17, 15) is 9.18 Å². The number of amides is 1. The predicted molar refractivity (Wildman–Crippen MR) is 97.3 cm³/mol. The molecule has 136 valence electrons. The van der Waals surface area contributed by atoms with Crippen molar-refractivity contribution in [3.8, 4) is 5.69 Å². The van der Waals surface area contributed by atoms with Crippen LogP contribution in [-0.2, 0) is 6.42 Å². The Kier molecular flexibility index (Phi) is 4.37. The molecule has 3 aromatic heterocycles. The van der Waals surface area contributed by atoms with Crippen molar-refractivity contribution in [3.05, 3.63) is 77.8 Å². The number of carbonyl (C=O) groups is 1. The van der Waals surface area contributed by atoms with Crippen LogP contribution >= 0.6 is 0 Å². The Hall–Kier alpha value is -3.55. The van der Waals surface area contributed by atoms with E-state index >= 15 is 0 Å². The standard InChI is InChI=1S/C19H17FN6O/c1-13-14(12-22-26(13)16-7-3-2-6-15(16)20)19(27)21-10-9-18-24-23-17-8-4-5-11-25(17)18/h2-8,11-12H,9-10H2,1H3,(H,21,27). The lowest BCUT2D eigenvalue weighted by Crippen LogP contribution is -2.26. The van der Waals surface area contributed by atoms with Crippen LogP contribution in [0.25, 0.3) is 11.3 Å². The molecular weight excluding hydrogens is 347 g/mol. The Morgan fingerprint density at radius 3 is 2.81 bits per heavy atom. The first-order valence-electron chi connectivity index (χ1n) is 8.51. The summed E-state index contributed by atoms with van der Waals surface area (Å²) in [5, 5.41) is 15.2. The molecule has 0 saturated heterocycles. The zero-order chi connectivity index (χ0) is 18.8. The van der Waals surface area contributed by atoms with Crippen molar-refractivity contribution < 1.29 is 9.18 Å². The summed E-state index contributed by atoms with van der Waals surface area (Å²) in [5.74, 6) is 0.114. The van der Waals surface area contributed by atoms with Crippen molar-refractivity contribution in [2.45, 2.75) is 13.3 Å². The summed E-state index contributed by atoms with van der Waals surface area (Å²) in [7, 11) is 0. The first-order valence-corrected chi connectivity index (χ1v) is 8.51. The third-order valence-corrected chi connectivity index (χ3v) is 4.35. The third-order valence-electron chi connectivity index (χ3n) is 4.35. The van der Waals surface area contributed by atoms with Gasteiger partial charge in [-0.1, -0.05) is 18.2 Å². The van der Waals surface area contributed by atoms with Crippen LogP contribution in [0, 0.1) is 12.7 Å². The van der Waals surface area contributed by atoms with E-state index in [2.05, 4.69) is 20.6 Å². The van der Waals surface area contributed by atoms with Crippen molar-refractivity contribution in [2.75, 3.05) is 6.54 Å². The van der Waals surface area contributed by atoms with E-state index in [4.69, 9.17) is 0 Å². The van der Waals surface area contributed by atoms with Gasteiger partial charge in [-0.2, -0.15) is 5.10 Å². The molecule has 1 aromatic carbocycles. The molecule has 0 aliphatic carbocycles. The van der Waals surface area contributed by atoms with Gasteiger partial charge < -0.3 is 5.32 Å². The van der Waals surface area contributed by atoms with E-state index in [0.29, 0.717) is 29.9 Å². The summed E-state index contributed by atoms with van der Waals surface area (Å²) in [6.07, 6.45) is 3.87. The summed E-state index contributed by atoms with van der Waals surface area (Å²) in [6.45, 7) is 2.14. The van der Waals surface area contributed by atoms with Crippen molar-refractivity contribution in [1.82, 2.24) is 29.7 Å². The van der Waals surface area contributed by atoms with Crippen LogP contribution in [0.4, 0.5) is 4.39 Å². The molecule has 0 fully saturated rings. The molecule has 4 aromatic rings. The van der Waals surface area contributed by atoms with E-state index < -0.39 is 5.82 Å². The summed E-state index contributed by atoms with van der Waals surface area (Å²) in [6, 6.07) is 12.0. The van der Waals surface area contributed by atoms with Crippen LogP contribution in [0.5, 0.6) is 0 Å².